The van der Waals surface area contributed by atoms with Crippen molar-refractivity contribution in [1.29, 1.82) is 0 Å². The van der Waals surface area contributed by atoms with Crippen LogP contribution in [0.2, 0.25) is 0 Å². The van der Waals surface area contributed by atoms with Crippen LogP contribution in [-0.4, -0.2) is 44.8 Å². The maximum absolute atomic E-state index is 5.85. The summed E-state index contributed by atoms with van der Waals surface area (Å²) in [4.78, 5) is 11.3. The number of para-hydroxylation sites is 2. The van der Waals surface area contributed by atoms with Crippen LogP contribution in [0.25, 0.3) is 11.1 Å². The molecule has 2 aromatic heterocycles. The number of nitrogens with one attached hydrogen (secondary N) is 1. The standard InChI is InChI=1S/C16H19N5O2/c1-10-17-16(20-19-10)13-7-11(22-2)8-21(13)9-15-18-12-5-3-4-6-14(12)23-15/h3-6,11,13H,7-9H2,1-2H3,(H,17,19,20)/t11-,13+/m1/s1. The van der Waals surface area contributed by atoms with E-state index >= 15 is 0 Å². The average Bonchev–Trinajstić information content (AvgIpc) is 3.24. The first-order valence-electron chi connectivity index (χ1n) is 7.73. The molecule has 0 amide bonds. The highest BCUT2D eigenvalue weighted by Crippen LogP contribution is 2.33. The van der Waals surface area contributed by atoms with E-state index in [0.717, 1.165) is 35.7 Å². The van der Waals surface area contributed by atoms with E-state index in [-0.39, 0.29) is 12.1 Å². The van der Waals surface area contributed by atoms with Gasteiger partial charge in [-0.1, -0.05) is 12.1 Å². The number of aromatic nitrogens is 4. The lowest BCUT2D eigenvalue weighted by Crippen LogP contribution is -2.25. The van der Waals surface area contributed by atoms with Gasteiger partial charge in [-0.3, -0.25) is 10.00 Å². The highest BCUT2D eigenvalue weighted by molar-refractivity contribution is 5.72. The molecular weight excluding hydrogens is 294 g/mol. The number of hydrogen-bond acceptors (Lipinski definition) is 6. The molecule has 0 aliphatic carbocycles. The number of hydrogen-bond donors (Lipinski definition) is 1. The number of aromatic amines is 1. The summed E-state index contributed by atoms with van der Waals surface area (Å²) in [6.45, 7) is 3.34. The topological polar surface area (TPSA) is 80.1 Å². The van der Waals surface area contributed by atoms with Crippen molar-refractivity contribution in [2.45, 2.75) is 32.0 Å². The van der Waals surface area contributed by atoms with Crippen LogP contribution in [0.1, 0.15) is 30.0 Å². The van der Waals surface area contributed by atoms with Gasteiger partial charge < -0.3 is 9.15 Å². The van der Waals surface area contributed by atoms with Gasteiger partial charge in [-0.15, -0.1) is 0 Å². The zero-order valence-electron chi connectivity index (χ0n) is 13.2. The van der Waals surface area contributed by atoms with Gasteiger partial charge in [0.1, 0.15) is 11.3 Å². The fraction of sp³-hybridized carbons (Fsp3) is 0.438. The monoisotopic (exact) mass is 313 g/mol. The van der Waals surface area contributed by atoms with Crippen molar-refractivity contribution >= 4 is 11.1 Å². The fourth-order valence-electron chi connectivity index (χ4n) is 3.15. The van der Waals surface area contributed by atoms with Gasteiger partial charge in [0.2, 0.25) is 5.89 Å². The largest absolute Gasteiger partial charge is 0.439 e. The molecular formula is C16H19N5O2. The molecule has 0 radical (unpaired) electrons. The molecule has 3 heterocycles. The van der Waals surface area contributed by atoms with Crippen LogP contribution in [-0.2, 0) is 11.3 Å². The molecule has 120 valence electrons. The summed E-state index contributed by atoms with van der Waals surface area (Å²) in [5, 5.41) is 7.23. The predicted molar refractivity (Wildman–Crippen MR) is 83.7 cm³/mol. The number of ether oxygens (including phenoxy) is 1. The Morgan fingerprint density at radius 3 is 2.96 bits per heavy atom. The Kier molecular flexibility index (Phi) is 3.59. The first kappa shape index (κ1) is 14.3. The Morgan fingerprint density at radius 2 is 2.22 bits per heavy atom. The molecule has 0 unspecified atom stereocenters. The highest BCUT2D eigenvalue weighted by atomic mass is 16.5. The van der Waals surface area contributed by atoms with E-state index in [1.165, 1.54) is 0 Å². The number of rotatable bonds is 4. The third-order valence-electron chi connectivity index (χ3n) is 4.29. The smallest absolute Gasteiger partial charge is 0.209 e. The zero-order valence-corrected chi connectivity index (χ0v) is 13.2. The van der Waals surface area contributed by atoms with Crippen LogP contribution in [0.4, 0.5) is 0 Å². The van der Waals surface area contributed by atoms with E-state index in [1.807, 2.05) is 31.2 Å². The summed E-state index contributed by atoms with van der Waals surface area (Å²) in [5.41, 5.74) is 1.70. The van der Waals surface area contributed by atoms with Crippen LogP contribution < -0.4 is 0 Å². The normalized spacial score (nSPS) is 22.2. The van der Waals surface area contributed by atoms with Crippen molar-refractivity contribution in [2.75, 3.05) is 13.7 Å². The molecule has 7 heteroatoms. The summed E-state index contributed by atoms with van der Waals surface area (Å²) in [6, 6.07) is 7.92. The maximum atomic E-state index is 5.85. The second-order valence-corrected chi connectivity index (χ2v) is 5.89. The zero-order chi connectivity index (χ0) is 15.8. The Bertz CT molecular complexity index is 779. The Labute approximate surface area is 133 Å². The molecule has 1 N–H and O–H groups in total. The minimum absolute atomic E-state index is 0.111. The van der Waals surface area contributed by atoms with Gasteiger partial charge in [0.05, 0.1) is 18.7 Å². The molecule has 7 nitrogen and oxygen atoms in total. The highest BCUT2D eigenvalue weighted by Gasteiger charge is 2.36. The van der Waals surface area contributed by atoms with Gasteiger partial charge in [0.15, 0.2) is 11.4 Å². The molecule has 1 fully saturated rings. The Hall–Kier alpha value is -2.25. The summed E-state index contributed by atoms with van der Waals surface area (Å²) < 4.78 is 11.4. The lowest BCUT2D eigenvalue weighted by atomic mass is 10.2. The molecule has 1 aromatic carbocycles. The van der Waals surface area contributed by atoms with Gasteiger partial charge in [0.25, 0.3) is 0 Å². The van der Waals surface area contributed by atoms with Crippen LogP contribution in [0.3, 0.4) is 0 Å². The van der Waals surface area contributed by atoms with E-state index in [0.29, 0.717) is 12.4 Å². The molecule has 0 bridgehead atoms. The number of aryl methyl sites for hydroxylation is 1. The number of methoxy groups -OCH3 is 1. The van der Waals surface area contributed by atoms with Crippen molar-refractivity contribution in [1.82, 2.24) is 25.1 Å². The number of H-pyrrole nitrogens is 1. The van der Waals surface area contributed by atoms with Gasteiger partial charge in [-0.2, -0.15) is 5.10 Å². The van der Waals surface area contributed by atoms with Gasteiger partial charge >= 0.3 is 0 Å². The van der Waals surface area contributed by atoms with Crippen LogP contribution in [0, 0.1) is 6.92 Å². The molecule has 4 rings (SSSR count). The summed E-state index contributed by atoms with van der Waals surface area (Å²) in [5.74, 6) is 2.33. The van der Waals surface area contributed by atoms with Crippen molar-refractivity contribution in [2.24, 2.45) is 0 Å². The summed E-state index contributed by atoms with van der Waals surface area (Å²) in [7, 11) is 1.74. The molecule has 1 aliphatic heterocycles. The minimum atomic E-state index is 0.111. The predicted octanol–water partition coefficient (Wildman–Crippen LogP) is 2.22. The van der Waals surface area contributed by atoms with Gasteiger partial charge in [-0.05, 0) is 25.5 Å². The van der Waals surface area contributed by atoms with Crippen molar-refractivity contribution in [3.05, 3.63) is 41.8 Å². The van der Waals surface area contributed by atoms with Crippen molar-refractivity contribution < 1.29 is 9.15 Å². The van der Waals surface area contributed by atoms with Crippen LogP contribution in [0.15, 0.2) is 28.7 Å². The summed E-state index contributed by atoms with van der Waals surface area (Å²) >= 11 is 0. The van der Waals surface area contributed by atoms with Crippen LogP contribution in [0.5, 0.6) is 0 Å². The number of oxazole rings is 1. The number of benzene rings is 1. The Balaban J connectivity index is 1.59. The first-order chi connectivity index (χ1) is 11.2. The molecule has 0 spiro atoms. The number of likely N-dealkylation sites (tertiary alicyclic amines) is 1. The van der Waals surface area contributed by atoms with Gasteiger partial charge in [-0.25, -0.2) is 9.97 Å². The van der Waals surface area contributed by atoms with Crippen molar-refractivity contribution in [3.63, 3.8) is 0 Å². The summed E-state index contributed by atoms with van der Waals surface area (Å²) in [6.07, 6.45) is 1.04. The molecule has 23 heavy (non-hydrogen) atoms. The maximum Gasteiger partial charge on any atom is 0.209 e. The quantitative estimate of drug-likeness (QED) is 0.795. The molecule has 0 saturated carbocycles. The fourth-order valence-corrected chi connectivity index (χ4v) is 3.15. The average molecular weight is 313 g/mol. The third-order valence-corrected chi connectivity index (χ3v) is 4.29. The third kappa shape index (κ3) is 2.73. The van der Waals surface area contributed by atoms with Crippen LogP contribution >= 0.6 is 0 Å². The van der Waals surface area contributed by atoms with E-state index in [9.17, 15) is 0 Å². The molecule has 1 saturated heterocycles. The SMILES string of the molecule is CO[C@@H]1C[C@@H](c2n[nH]c(C)n2)N(Cc2nc3ccccc3o2)C1. The lowest BCUT2D eigenvalue weighted by molar-refractivity contribution is 0.106. The van der Waals surface area contributed by atoms with Gasteiger partial charge in [0, 0.05) is 13.7 Å². The second kappa shape index (κ2) is 5.75. The first-order valence-corrected chi connectivity index (χ1v) is 7.73. The Morgan fingerprint density at radius 1 is 1.35 bits per heavy atom. The van der Waals surface area contributed by atoms with E-state index in [2.05, 4.69) is 25.1 Å². The van der Waals surface area contributed by atoms with E-state index in [4.69, 9.17) is 9.15 Å². The van der Waals surface area contributed by atoms with Crippen molar-refractivity contribution in [3.8, 4) is 0 Å². The number of fused-ring (bicyclic) bond motifs is 1. The number of nitrogens with zero attached hydrogens (tertiary/aromatic N) is 4. The lowest BCUT2D eigenvalue weighted by Gasteiger charge is -2.19. The minimum Gasteiger partial charge on any atom is -0.439 e. The molecule has 2 atom stereocenters. The second-order valence-electron chi connectivity index (χ2n) is 5.89. The van der Waals surface area contributed by atoms with E-state index in [1.54, 1.807) is 7.11 Å². The molecule has 1 aliphatic rings. The molecule has 3 aromatic rings. The van der Waals surface area contributed by atoms with E-state index < -0.39 is 0 Å².